The largest absolute Gasteiger partial charge is 0.497 e. The van der Waals surface area contributed by atoms with Gasteiger partial charge in [0.1, 0.15) is 5.75 Å². The Morgan fingerprint density at radius 2 is 1.96 bits per heavy atom. The third kappa shape index (κ3) is 2.17. The predicted molar refractivity (Wildman–Crippen MR) is 99.8 cm³/mol. The first kappa shape index (κ1) is 15.7. The molecule has 2 aromatic carbocycles. The number of anilines is 1. The molecule has 0 unspecified atom stereocenters. The van der Waals surface area contributed by atoms with Gasteiger partial charge in [-0.25, -0.2) is 4.79 Å². The number of carbonyl (C=O) groups is 1. The van der Waals surface area contributed by atoms with E-state index in [9.17, 15) is 9.90 Å². The van der Waals surface area contributed by atoms with Gasteiger partial charge in [0.25, 0.3) is 0 Å². The molecular formula is C22H23NO3. The van der Waals surface area contributed by atoms with Gasteiger partial charge in [0, 0.05) is 0 Å². The minimum atomic E-state index is -0.861. The van der Waals surface area contributed by atoms with Crippen LogP contribution >= 0.6 is 0 Å². The Labute approximate surface area is 153 Å². The van der Waals surface area contributed by atoms with Crippen molar-refractivity contribution in [2.45, 2.75) is 31.2 Å². The van der Waals surface area contributed by atoms with Crippen LogP contribution in [0.4, 0.5) is 5.69 Å². The van der Waals surface area contributed by atoms with Crippen molar-refractivity contribution in [2.75, 3.05) is 12.4 Å². The Hall–Kier alpha value is -2.49. The Bertz CT molecular complexity index is 877. The molecule has 0 saturated heterocycles. The van der Waals surface area contributed by atoms with E-state index in [0.717, 1.165) is 17.4 Å². The molecule has 0 aromatic heterocycles. The van der Waals surface area contributed by atoms with Crippen LogP contribution in [0.5, 0.6) is 5.75 Å². The summed E-state index contributed by atoms with van der Waals surface area (Å²) in [6.07, 6.45) is 3.84. The molecular weight excluding hydrogens is 326 g/mol. The van der Waals surface area contributed by atoms with Crippen molar-refractivity contribution in [2.24, 2.45) is 17.8 Å². The van der Waals surface area contributed by atoms with E-state index in [1.165, 1.54) is 30.4 Å². The number of hydrogen-bond acceptors (Lipinski definition) is 3. The van der Waals surface area contributed by atoms with Crippen LogP contribution in [0.15, 0.2) is 42.5 Å². The van der Waals surface area contributed by atoms with Crippen LogP contribution in [0.1, 0.15) is 52.7 Å². The van der Waals surface area contributed by atoms with E-state index in [-0.39, 0.29) is 6.04 Å². The maximum absolute atomic E-state index is 11.8. The summed E-state index contributed by atoms with van der Waals surface area (Å²) in [6, 6.07) is 14.1. The average Bonchev–Trinajstić information content (AvgIpc) is 3.29. The minimum absolute atomic E-state index is 0.137. The fraction of sp³-hybridized carbons (Fsp3) is 0.409. The lowest BCUT2D eigenvalue weighted by Gasteiger charge is -2.44. The quantitative estimate of drug-likeness (QED) is 0.844. The number of carboxylic acids is 1. The zero-order valence-electron chi connectivity index (χ0n) is 14.8. The van der Waals surface area contributed by atoms with E-state index in [0.29, 0.717) is 23.3 Å². The summed E-state index contributed by atoms with van der Waals surface area (Å²) >= 11 is 0. The standard InChI is InChI=1S/C22H23NO3/c1-26-15-5-2-4-14(11-15)20-19-13-9-8-12(10-13)18(19)16-6-3-7-17(22(24)25)21(16)23-20/h2-7,11-13,18-20,23H,8-10H2,1H3,(H,24,25)/t12-,13+,18+,19-,20+/m0/s1. The molecule has 5 rings (SSSR count). The van der Waals surface area contributed by atoms with Crippen LogP contribution in [0.25, 0.3) is 0 Å². The van der Waals surface area contributed by atoms with Gasteiger partial charge in [-0.15, -0.1) is 0 Å². The minimum Gasteiger partial charge on any atom is -0.497 e. The highest BCUT2D eigenvalue weighted by Crippen LogP contribution is 2.64. The summed E-state index contributed by atoms with van der Waals surface area (Å²) in [5.41, 5.74) is 3.61. The van der Waals surface area contributed by atoms with Gasteiger partial charge in [0.2, 0.25) is 0 Å². The second-order valence-corrected chi connectivity index (χ2v) is 7.91. The van der Waals surface area contributed by atoms with E-state index in [1.807, 2.05) is 18.2 Å². The SMILES string of the molecule is COc1cccc([C@H]2Nc3c(C(=O)O)cccc3[C@H]3[C@H]4CC[C@H](C4)[C@@H]32)c1. The van der Waals surface area contributed by atoms with E-state index >= 15 is 0 Å². The summed E-state index contributed by atoms with van der Waals surface area (Å²) in [4.78, 5) is 11.8. The first-order chi connectivity index (χ1) is 12.7. The van der Waals surface area contributed by atoms with Crippen molar-refractivity contribution in [3.8, 4) is 5.75 Å². The number of nitrogens with one attached hydrogen (secondary N) is 1. The third-order valence-corrected chi connectivity index (χ3v) is 6.80. The van der Waals surface area contributed by atoms with Gasteiger partial charge < -0.3 is 15.2 Å². The molecule has 4 heteroatoms. The number of aromatic carboxylic acids is 1. The second-order valence-electron chi connectivity index (χ2n) is 7.91. The fourth-order valence-electron chi connectivity index (χ4n) is 5.86. The Kier molecular flexibility index (Phi) is 3.49. The van der Waals surface area contributed by atoms with Crippen molar-refractivity contribution in [3.05, 3.63) is 59.2 Å². The molecule has 26 heavy (non-hydrogen) atoms. The summed E-state index contributed by atoms with van der Waals surface area (Å²) in [7, 11) is 1.69. The first-order valence-corrected chi connectivity index (χ1v) is 9.44. The maximum atomic E-state index is 11.8. The lowest BCUT2D eigenvalue weighted by molar-refractivity contribution is 0.0697. The van der Waals surface area contributed by atoms with E-state index < -0.39 is 5.97 Å². The van der Waals surface area contributed by atoms with E-state index in [1.54, 1.807) is 13.2 Å². The van der Waals surface area contributed by atoms with Gasteiger partial charge in [0.05, 0.1) is 24.4 Å². The molecule has 2 bridgehead atoms. The monoisotopic (exact) mass is 349 g/mol. The van der Waals surface area contributed by atoms with Crippen molar-refractivity contribution in [1.82, 2.24) is 0 Å². The first-order valence-electron chi connectivity index (χ1n) is 9.44. The molecule has 4 nitrogen and oxygen atoms in total. The predicted octanol–water partition coefficient (Wildman–Crippen LogP) is 4.69. The molecule has 0 spiro atoms. The van der Waals surface area contributed by atoms with Crippen molar-refractivity contribution >= 4 is 11.7 Å². The summed E-state index contributed by atoms with van der Waals surface area (Å²) in [5.74, 6) is 2.37. The topological polar surface area (TPSA) is 58.6 Å². The van der Waals surface area contributed by atoms with Gasteiger partial charge in [-0.1, -0.05) is 24.3 Å². The van der Waals surface area contributed by atoms with Crippen LogP contribution < -0.4 is 10.1 Å². The molecule has 2 aliphatic carbocycles. The van der Waals surface area contributed by atoms with Crippen molar-refractivity contribution in [3.63, 3.8) is 0 Å². The second kappa shape index (κ2) is 5.76. The third-order valence-electron chi connectivity index (χ3n) is 6.80. The molecule has 2 saturated carbocycles. The van der Waals surface area contributed by atoms with Gasteiger partial charge in [-0.2, -0.15) is 0 Å². The number of ether oxygens (including phenoxy) is 1. The average molecular weight is 349 g/mol. The van der Waals surface area contributed by atoms with Crippen LogP contribution in [-0.4, -0.2) is 18.2 Å². The molecule has 3 aliphatic rings. The van der Waals surface area contributed by atoms with Crippen LogP contribution in [0, 0.1) is 17.8 Å². The van der Waals surface area contributed by atoms with Crippen LogP contribution in [0.3, 0.4) is 0 Å². The summed E-state index contributed by atoms with van der Waals surface area (Å²) in [6.45, 7) is 0. The van der Waals surface area contributed by atoms with Crippen LogP contribution in [0.2, 0.25) is 0 Å². The Morgan fingerprint density at radius 3 is 2.77 bits per heavy atom. The maximum Gasteiger partial charge on any atom is 0.337 e. The number of benzene rings is 2. The highest BCUT2D eigenvalue weighted by Gasteiger charge is 2.54. The lowest BCUT2D eigenvalue weighted by Crippen LogP contribution is -2.36. The molecule has 2 fully saturated rings. The van der Waals surface area contributed by atoms with Crippen molar-refractivity contribution in [1.29, 1.82) is 0 Å². The zero-order chi connectivity index (χ0) is 17.8. The molecule has 5 atom stereocenters. The highest BCUT2D eigenvalue weighted by molar-refractivity contribution is 5.95. The lowest BCUT2D eigenvalue weighted by atomic mass is 9.67. The molecule has 2 N–H and O–H groups in total. The smallest absolute Gasteiger partial charge is 0.337 e. The molecule has 0 amide bonds. The van der Waals surface area contributed by atoms with Gasteiger partial charge in [-0.05, 0) is 72.3 Å². The Morgan fingerprint density at radius 1 is 1.15 bits per heavy atom. The molecule has 0 radical (unpaired) electrons. The number of para-hydroxylation sites is 1. The molecule has 134 valence electrons. The van der Waals surface area contributed by atoms with E-state index in [4.69, 9.17) is 4.74 Å². The highest BCUT2D eigenvalue weighted by atomic mass is 16.5. The zero-order valence-corrected chi connectivity index (χ0v) is 14.8. The number of rotatable bonds is 3. The number of hydrogen-bond donors (Lipinski definition) is 2. The van der Waals surface area contributed by atoms with Crippen LogP contribution in [-0.2, 0) is 0 Å². The normalized spacial score (nSPS) is 31.0. The Balaban J connectivity index is 1.66. The number of fused-ring (bicyclic) bond motifs is 7. The molecule has 1 aliphatic heterocycles. The molecule has 1 heterocycles. The number of methoxy groups -OCH3 is 1. The fourth-order valence-corrected chi connectivity index (χ4v) is 5.86. The van der Waals surface area contributed by atoms with Gasteiger partial charge in [-0.3, -0.25) is 0 Å². The number of carboxylic acid groups (broad SMARTS) is 1. The van der Waals surface area contributed by atoms with Crippen molar-refractivity contribution < 1.29 is 14.6 Å². The van der Waals surface area contributed by atoms with Gasteiger partial charge in [0.15, 0.2) is 0 Å². The van der Waals surface area contributed by atoms with E-state index in [2.05, 4.69) is 23.5 Å². The molecule has 2 aromatic rings. The van der Waals surface area contributed by atoms with Gasteiger partial charge >= 0.3 is 5.97 Å². The summed E-state index contributed by atoms with van der Waals surface area (Å²) in [5, 5.41) is 13.3. The summed E-state index contributed by atoms with van der Waals surface area (Å²) < 4.78 is 5.43.